The van der Waals surface area contributed by atoms with Gasteiger partial charge < -0.3 is 5.32 Å². The Kier molecular flexibility index (Phi) is 4.79. The summed E-state index contributed by atoms with van der Waals surface area (Å²) in [5, 5.41) is 2.99. The third kappa shape index (κ3) is 3.39. The van der Waals surface area contributed by atoms with Crippen LogP contribution in [0.5, 0.6) is 0 Å². The van der Waals surface area contributed by atoms with Crippen LogP contribution in [0.15, 0.2) is 53.5 Å². The molecule has 1 atom stereocenters. The van der Waals surface area contributed by atoms with Crippen LogP contribution in [-0.2, 0) is 11.3 Å². The quantitative estimate of drug-likeness (QED) is 0.756. The first kappa shape index (κ1) is 17.5. The van der Waals surface area contributed by atoms with Crippen molar-refractivity contribution in [3.05, 3.63) is 64.7 Å². The number of rotatable bonds is 5. The third-order valence-electron chi connectivity index (χ3n) is 5.39. The number of aromatic nitrogens is 3. The van der Waals surface area contributed by atoms with Crippen molar-refractivity contribution < 1.29 is 4.79 Å². The molecule has 1 aliphatic rings. The molecular formula is C21H24N4O2. The lowest BCUT2D eigenvalue weighted by molar-refractivity contribution is -0.122. The minimum atomic E-state index is -0.178. The molecule has 1 aliphatic carbocycles. The molecule has 0 spiro atoms. The van der Waals surface area contributed by atoms with Crippen LogP contribution in [0.4, 0.5) is 0 Å². The van der Waals surface area contributed by atoms with Crippen LogP contribution in [-0.4, -0.2) is 20.0 Å². The van der Waals surface area contributed by atoms with E-state index in [1.807, 2.05) is 49.4 Å². The second-order valence-electron chi connectivity index (χ2n) is 7.22. The van der Waals surface area contributed by atoms with Crippen molar-refractivity contribution in [3.63, 3.8) is 0 Å². The summed E-state index contributed by atoms with van der Waals surface area (Å²) in [6.45, 7) is 1.94. The van der Waals surface area contributed by atoms with Gasteiger partial charge >= 0.3 is 5.69 Å². The average molecular weight is 364 g/mol. The third-order valence-corrected chi connectivity index (χ3v) is 5.39. The molecular weight excluding hydrogens is 340 g/mol. The fraction of sp³-hybridized carbons (Fsp3) is 0.381. The summed E-state index contributed by atoms with van der Waals surface area (Å²) < 4.78 is 3.34. The highest BCUT2D eigenvalue weighted by atomic mass is 16.2. The molecule has 1 amide bonds. The first-order valence-electron chi connectivity index (χ1n) is 9.55. The number of carbonyl (C=O) groups excluding carboxylic acids is 1. The van der Waals surface area contributed by atoms with E-state index in [9.17, 15) is 9.59 Å². The fourth-order valence-electron chi connectivity index (χ4n) is 4.01. The minimum Gasteiger partial charge on any atom is -0.348 e. The average Bonchev–Trinajstić information content (AvgIpc) is 3.29. The van der Waals surface area contributed by atoms with E-state index in [1.54, 1.807) is 15.3 Å². The van der Waals surface area contributed by atoms with E-state index in [0.717, 1.165) is 36.8 Å². The van der Waals surface area contributed by atoms with Gasteiger partial charge in [0, 0.05) is 12.2 Å². The standard InChI is InChI=1S/C21H24N4O2/c1-15(16-8-3-2-4-9-16)23-19(26)14-24-18-12-7-13-22-20(18)25(21(24)27)17-10-5-6-11-17/h2-4,7-9,12-13,15,17H,5-6,10-11,14H2,1H3,(H,23,26)/t15-/m0/s1. The van der Waals surface area contributed by atoms with Gasteiger partial charge in [0.2, 0.25) is 5.91 Å². The number of hydrogen-bond acceptors (Lipinski definition) is 3. The summed E-state index contributed by atoms with van der Waals surface area (Å²) in [4.78, 5) is 30.1. The monoisotopic (exact) mass is 364 g/mol. The molecule has 2 heterocycles. The Labute approximate surface area is 157 Å². The number of nitrogens with one attached hydrogen (secondary N) is 1. The zero-order valence-electron chi connectivity index (χ0n) is 15.5. The number of imidazole rings is 1. The highest BCUT2D eigenvalue weighted by molar-refractivity contribution is 5.79. The molecule has 0 aliphatic heterocycles. The summed E-state index contributed by atoms with van der Waals surface area (Å²) in [5.41, 5.74) is 2.29. The first-order chi connectivity index (χ1) is 13.1. The number of benzene rings is 1. The van der Waals surface area contributed by atoms with Gasteiger partial charge in [-0.25, -0.2) is 9.78 Å². The number of carbonyl (C=O) groups is 1. The molecule has 0 saturated heterocycles. The summed E-state index contributed by atoms with van der Waals surface area (Å²) >= 11 is 0. The number of nitrogens with zero attached hydrogens (tertiary/aromatic N) is 3. The second-order valence-corrected chi connectivity index (χ2v) is 7.22. The van der Waals surface area contributed by atoms with Gasteiger partial charge in [-0.05, 0) is 37.5 Å². The van der Waals surface area contributed by atoms with Crippen LogP contribution in [0.2, 0.25) is 0 Å². The SMILES string of the molecule is C[C@H](NC(=O)Cn1c(=O)n(C2CCCC2)c2ncccc21)c1ccccc1. The Morgan fingerprint density at radius 2 is 1.93 bits per heavy atom. The Balaban J connectivity index is 1.61. The molecule has 1 N–H and O–H groups in total. The van der Waals surface area contributed by atoms with Gasteiger partial charge in [0.15, 0.2) is 5.65 Å². The lowest BCUT2D eigenvalue weighted by atomic mass is 10.1. The van der Waals surface area contributed by atoms with E-state index in [4.69, 9.17) is 0 Å². The van der Waals surface area contributed by atoms with Gasteiger partial charge in [-0.2, -0.15) is 0 Å². The summed E-state index contributed by atoms with van der Waals surface area (Å²) in [6, 6.07) is 13.5. The summed E-state index contributed by atoms with van der Waals surface area (Å²) in [5.74, 6) is -0.178. The Hall–Kier alpha value is -2.89. The van der Waals surface area contributed by atoms with Crippen molar-refractivity contribution in [3.8, 4) is 0 Å². The second kappa shape index (κ2) is 7.39. The van der Waals surface area contributed by atoms with Crippen LogP contribution < -0.4 is 11.0 Å². The van der Waals surface area contributed by atoms with Crippen molar-refractivity contribution in [2.45, 2.75) is 51.2 Å². The van der Waals surface area contributed by atoms with Crippen molar-refractivity contribution in [2.24, 2.45) is 0 Å². The predicted molar refractivity (Wildman–Crippen MR) is 104 cm³/mol. The van der Waals surface area contributed by atoms with E-state index in [1.165, 1.54) is 0 Å². The van der Waals surface area contributed by atoms with Crippen LogP contribution in [0.1, 0.15) is 50.3 Å². The van der Waals surface area contributed by atoms with Gasteiger partial charge in [-0.3, -0.25) is 13.9 Å². The van der Waals surface area contributed by atoms with Crippen LogP contribution in [0, 0.1) is 0 Å². The zero-order chi connectivity index (χ0) is 18.8. The number of hydrogen-bond donors (Lipinski definition) is 1. The largest absolute Gasteiger partial charge is 0.348 e. The molecule has 0 bridgehead atoms. The molecule has 3 aromatic rings. The van der Waals surface area contributed by atoms with E-state index < -0.39 is 0 Å². The minimum absolute atomic E-state index is 0.00206. The Bertz CT molecular complexity index is 1000. The maximum atomic E-state index is 13.1. The maximum Gasteiger partial charge on any atom is 0.331 e. The van der Waals surface area contributed by atoms with E-state index in [0.29, 0.717) is 5.65 Å². The Morgan fingerprint density at radius 1 is 1.19 bits per heavy atom. The molecule has 1 fully saturated rings. The maximum absolute atomic E-state index is 13.1. The van der Waals surface area contributed by atoms with Crippen molar-refractivity contribution in [1.29, 1.82) is 0 Å². The lowest BCUT2D eigenvalue weighted by Crippen LogP contribution is -2.35. The van der Waals surface area contributed by atoms with E-state index >= 15 is 0 Å². The van der Waals surface area contributed by atoms with E-state index in [2.05, 4.69) is 10.3 Å². The molecule has 6 nitrogen and oxygen atoms in total. The van der Waals surface area contributed by atoms with Crippen molar-refractivity contribution >= 4 is 17.1 Å². The number of fused-ring (bicyclic) bond motifs is 1. The smallest absolute Gasteiger partial charge is 0.331 e. The zero-order valence-corrected chi connectivity index (χ0v) is 15.5. The normalized spacial score (nSPS) is 15.9. The van der Waals surface area contributed by atoms with Gasteiger partial charge in [0.1, 0.15) is 6.54 Å². The molecule has 0 unspecified atom stereocenters. The predicted octanol–water partition coefficient (Wildman–Crippen LogP) is 3.19. The van der Waals surface area contributed by atoms with E-state index in [-0.39, 0.29) is 30.2 Å². The number of amides is 1. The lowest BCUT2D eigenvalue weighted by Gasteiger charge is -2.14. The van der Waals surface area contributed by atoms with Crippen LogP contribution in [0.25, 0.3) is 11.2 Å². The molecule has 2 aromatic heterocycles. The van der Waals surface area contributed by atoms with Crippen molar-refractivity contribution in [2.75, 3.05) is 0 Å². The Morgan fingerprint density at radius 3 is 2.67 bits per heavy atom. The molecule has 4 rings (SSSR count). The van der Waals surface area contributed by atoms with Gasteiger partial charge in [0.25, 0.3) is 0 Å². The van der Waals surface area contributed by atoms with Crippen LogP contribution in [0.3, 0.4) is 0 Å². The van der Waals surface area contributed by atoms with Crippen molar-refractivity contribution in [1.82, 2.24) is 19.4 Å². The highest BCUT2D eigenvalue weighted by Gasteiger charge is 2.25. The summed E-state index contributed by atoms with van der Waals surface area (Å²) in [6.07, 6.45) is 5.95. The fourth-order valence-corrected chi connectivity index (χ4v) is 4.01. The van der Waals surface area contributed by atoms with Gasteiger partial charge in [0.05, 0.1) is 11.6 Å². The molecule has 1 aromatic carbocycles. The number of pyridine rings is 1. The molecule has 27 heavy (non-hydrogen) atoms. The van der Waals surface area contributed by atoms with Crippen LogP contribution >= 0.6 is 0 Å². The molecule has 1 saturated carbocycles. The van der Waals surface area contributed by atoms with Gasteiger partial charge in [-0.1, -0.05) is 43.2 Å². The topological polar surface area (TPSA) is 68.9 Å². The molecule has 0 radical (unpaired) electrons. The van der Waals surface area contributed by atoms with Gasteiger partial charge in [-0.15, -0.1) is 0 Å². The molecule has 6 heteroatoms. The molecule has 140 valence electrons. The highest BCUT2D eigenvalue weighted by Crippen LogP contribution is 2.30. The summed E-state index contributed by atoms with van der Waals surface area (Å²) in [7, 11) is 0. The first-order valence-corrected chi connectivity index (χ1v) is 9.55.